The van der Waals surface area contributed by atoms with E-state index in [-0.39, 0.29) is 0 Å². The lowest BCUT2D eigenvalue weighted by atomic mass is 10.1. The minimum atomic E-state index is 0.781. The van der Waals surface area contributed by atoms with Gasteiger partial charge in [-0.25, -0.2) is 0 Å². The molecule has 3 aromatic heterocycles. The van der Waals surface area contributed by atoms with Gasteiger partial charge in [-0.1, -0.05) is 12.1 Å². The van der Waals surface area contributed by atoms with Gasteiger partial charge in [-0.15, -0.1) is 5.10 Å². The van der Waals surface area contributed by atoms with E-state index in [0.29, 0.717) is 0 Å². The van der Waals surface area contributed by atoms with Gasteiger partial charge in [-0.05, 0) is 31.2 Å². The molecule has 0 unspecified atom stereocenters. The van der Waals surface area contributed by atoms with Crippen LogP contribution in [0.2, 0.25) is 0 Å². The second kappa shape index (κ2) is 4.94. The quantitative estimate of drug-likeness (QED) is 0.699. The second-order valence-corrected chi connectivity index (χ2v) is 4.23. The lowest BCUT2D eigenvalue weighted by Crippen LogP contribution is -1.92. The standard InChI is InChI=1S/C15H12N4/c1-11-4-6-15(19-18-11)14-7-5-13(10-17-14)12-3-2-8-16-9-12/h2-10H,1H3. The van der Waals surface area contributed by atoms with Gasteiger partial charge in [0.15, 0.2) is 0 Å². The van der Waals surface area contributed by atoms with Crippen LogP contribution in [0, 0.1) is 6.92 Å². The molecule has 0 bridgehead atoms. The molecule has 0 saturated carbocycles. The van der Waals surface area contributed by atoms with Crippen molar-refractivity contribution in [3.63, 3.8) is 0 Å². The Balaban J connectivity index is 1.93. The summed E-state index contributed by atoms with van der Waals surface area (Å²) in [5.41, 5.74) is 4.59. The van der Waals surface area contributed by atoms with E-state index in [4.69, 9.17) is 0 Å². The van der Waals surface area contributed by atoms with Gasteiger partial charge in [-0.2, -0.15) is 5.10 Å². The molecular weight excluding hydrogens is 236 g/mol. The highest BCUT2D eigenvalue weighted by molar-refractivity contribution is 5.64. The van der Waals surface area contributed by atoms with E-state index in [0.717, 1.165) is 28.2 Å². The van der Waals surface area contributed by atoms with Crippen molar-refractivity contribution in [2.45, 2.75) is 6.92 Å². The van der Waals surface area contributed by atoms with Gasteiger partial charge in [0.2, 0.25) is 0 Å². The smallest absolute Gasteiger partial charge is 0.111 e. The topological polar surface area (TPSA) is 51.6 Å². The van der Waals surface area contributed by atoms with Gasteiger partial charge < -0.3 is 0 Å². The Morgan fingerprint density at radius 3 is 2.26 bits per heavy atom. The molecular formula is C15H12N4. The highest BCUT2D eigenvalue weighted by Gasteiger charge is 2.03. The summed E-state index contributed by atoms with van der Waals surface area (Å²) in [5.74, 6) is 0. The fourth-order valence-corrected chi connectivity index (χ4v) is 1.79. The molecule has 0 aliphatic rings. The maximum absolute atomic E-state index is 4.42. The molecule has 19 heavy (non-hydrogen) atoms. The molecule has 4 heteroatoms. The van der Waals surface area contributed by atoms with Crippen LogP contribution in [0.25, 0.3) is 22.5 Å². The number of hydrogen-bond donors (Lipinski definition) is 0. The van der Waals surface area contributed by atoms with E-state index in [9.17, 15) is 0 Å². The van der Waals surface area contributed by atoms with Gasteiger partial charge in [0.05, 0.1) is 11.4 Å². The van der Waals surface area contributed by atoms with E-state index in [1.165, 1.54) is 0 Å². The predicted octanol–water partition coefficient (Wildman–Crippen LogP) is 2.91. The molecule has 0 radical (unpaired) electrons. The molecule has 0 N–H and O–H groups in total. The lowest BCUT2D eigenvalue weighted by Gasteiger charge is -2.02. The first-order chi connectivity index (χ1) is 9.33. The molecule has 0 atom stereocenters. The van der Waals surface area contributed by atoms with Crippen LogP contribution in [-0.4, -0.2) is 20.2 Å². The third-order valence-corrected chi connectivity index (χ3v) is 2.82. The van der Waals surface area contributed by atoms with Crippen LogP contribution in [0.5, 0.6) is 0 Å². The number of rotatable bonds is 2. The summed E-state index contributed by atoms with van der Waals surface area (Å²) < 4.78 is 0. The summed E-state index contributed by atoms with van der Waals surface area (Å²) in [6.45, 7) is 1.91. The van der Waals surface area contributed by atoms with Gasteiger partial charge in [0.1, 0.15) is 5.69 Å². The highest BCUT2D eigenvalue weighted by atomic mass is 15.1. The van der Waals surface area contributed by atoms with Crippen molar-refractivity contribution in [3.05, 3.63) is 60.7 Å². The molecule has 3 aromatic rings. The van der Waals surface area contributed by atoms with Crippen LogP contribution in [0.4, 0.5) is 0 Å². The van der Waals surface area contributed by atoms with Crippen molar-refractivity contribution in [2.24, 2.45) is 0 Å². The fraction of sp³-hybridized carbons (Fsp3) is 0.0667. The molecule has 0 saturated heterocycles. The van der Waals surface area contributed by atoms with Gasteiger partial charge >= 0.3 is 0 Å². The number of aromatic nitrogens is 4. The first-order valence-corrected chi connectivity index (χ1v) is 6.00. The zero-order valence-corrected chi connectivity index (χ0v) is 10.5. The van der Waals surface area contributed by atoms with Gasteiger partial charge in [0.25, 0.3) is 0 Å². The molecule has 0 spiro atoms. The summed E-state index contributed by atoms with van der Waals surface area (Å²) in [4.78, 5) is 8.53. The maximum atomic E-state index is 4.42. The minimum absolute atomic E-state index is 0.781. The molecule has 0 aliphatic carbocycles. The first-order valence-electron chi connectivity index (χ1n) is 6.00. The Hall–Kier alpha value is -2.62. The summed E-state index contributed by atoms with van der Waals surface area (Å²) in [6.07, 6.45) is 5.41. The Bertz CT molecular complexity index is 661. The van der Waals surface area contributed by atoms with Crippen LogP contribution in [0.1, 0.15) is 5.69 Å². The van der Waals surface area contributed by atoms with Crippen molar-refractivity contribution < 1.29 is 0 Å². The minimum Gasteiger partial charge on any atom is -0.264 e. The highest BCUT2D eigenvalue weighted by Crippen LogP contribution is 2.20. The second-order valence-electron chi connectivity index (χ2n) is 4.23. The van der Waals surface area contributed by atoms with E-state index < -0.39 is 0 Å². The number of pyridine rings is 2. The van der Waals surface area contributed by atoms with Crippen LogP contribution < -0.4 is 0 Å². The monoisotopic (exact) mass is 248 g/mol. The molecule has 4 nitrogen and oxygen atoms in total. The summed E-state index contributed by atoms with van der Waals surface area (Å²) in [6, 6.07) is 11.7. The van der Waals surface area contributed by atoms with Crippen LogP contribution in [0.15, 0.2) is 55.0 Å². The maximum Gasteiger partial charge on any atom is 0.111 e. The number of hydrogen-bond acceptors (Lipinski definition) is 4. The van der Waals surface area contributed by atoms with Crippen molar-refractivity contribution in [1.29, 1.82) is 0 Å². The van der Waals surface area contributed by atoms with Crippen molar-refractivity contribution >= 4 is 0 Å². The summed E-state index contributed by atoms with van der Waals surface area (Å²) >= 11 is 0. The Morgan fingerprint density at radius 2 is 1.63 bits per heavy atom. The average molecular weight is 248 g/mol. The third-order valence-electron chi connectivity index (χ3n) is 2.82. The molecule has 0 amide bonds. The van der Waals surface area contributed by atoms with E-state index in [2.05, 4.69) is 20.2 Å². The normalized spacial score (nSPS) is 10.4. The molecule has 0 aromatic carbocycles. The van der Waals surface area contributed by atoms with Crippen molar-refractivity contribution in [1.82, 2.24) is 20.2 Å². The summed E-state index contributed by atoms with van der Waals surface area (Å²) in [7, 11) is 0. The van der Waals surface area contributed by atoms with Crippen LogP contribution >= 0.6 is 0 Å². The molecule has 3 rings (SSSR count). The van der Waals surface area contributed by atoms with Gasteiger partial charge in [0, 0.05) is 29.7 Å². The van der Waals surface area contributed by atoms with E-state index in [1.807, 2.05) is 55.7 Å². The Labute approximate surface area is 111 Å². The Morgan fingerprint density at radius 1 is 0.789 bits per heavy atom. The average Bonchev–Trinajstić information content (AvgIpc) is 2.49. The van der Waals surface area contributed by atoms with E-state index >= 15 is 0 Å². The Kier molecular flexibility index (Phi) is 2.98. The SMILES string of the molecule is Cc1ccc(-c2ccc(-c3cccnc3)cn2)nn1. The lowest BCUT2D eigenvalue weighted by molar-refractivity contribution is 0.981. The van der Waals surface area contributed by atoms with Crippen molar-refractivity contribution in [3.8, 4) is 22.5 Å². The summed E-state index contributed by atoms with van der Waals surface area (Å²) in [5, 5.41) is 8.16. The van der Waals surface area contributed by atoms with Gasteiger partial charge in [-0.3, -0.25) is 9.97 Å². The van der Waals surface area contributed by atoms with Crippen molar-refractivity contribution in [2.75, 3.05) is 0 Å². The molecule has 0 fully saturated rings. The fourth-order valence-electron chi connectivity index (χ4n) is 1.79. The molecule has 92 valence electrons. The molecule has 0 aliphatic heterocycles. The largest absolute Gasteiger partial charge is 0.264 e. The first kappa shape index (κ1) is 11.5. The van der Waals surface area contributed by atoms with Crippen LogP contribution in [-0.2, 0) is 0 Å². The van der Waals surface area contributed by atoms with E-state index in [1.54, 1.807) is 6.20 Å². The molecule has 3 heterocycles. The van der Waals surface area contributed by atoms with Crippen LogP contribution in [0.3, 0.4) is 0 Å². The third kappa shape index (κ3) is 2.47. The zero-order chi connectivity index (χ0) is 13.1. The predicted molar refractivity (Wildman–Crippen MR) is 73.2 cm³/mol. The number of nitrogens with zero attached hydrogens (tertiary/aromatic N) is 4. The zero-order valence-electron chi connectivity index (χ0n) is 10.5. The number of aryl methyl sites for hydroxylation is 1.